The van der Waals surface area contributed by atoms with Gasteiger partial charge in [-0.25, -0.2) is 0 Å². The number of nitro benzene ring substituents is 1. The van der Waals surface area contributed by atoms with E-state index in [2.05, 4.69) is 0 Å². The van der Waals surface area contributed by atoms with E-state index in [4.69, 9.17) is 0 Å². The summed E-state index contributed by atoms with van der Waals surface area (Å²) in [6.45, 7) is 6.45. The van der Waals surface area contributed by atoms with Crippen LogP contribution in [-0.2, 0) is 4.79 Å². The van der Waals surface area contributed by atoms with Crippen LogP contribution in [0, 0.1) is 16.0 Å². The average Bonchev–Trinajstić information content (AvgIpc) is 2.53. The topological polar surface area (TPSA) is 66.7 Å². The molecule has 0 spiro atoms. The van der Waals surface area contributed by atoms with Crippen LogP contribution in [0.1, 0.15) is 20.3 Å². The molecule has 2 rings (SSSR count). The lowest BCUT2D eigenvalue weighted by atomic mass is 10.1. The zero-order chi connectivity index (χ0) is 15.4. The van der Waals surface area contributed by atoms with Crippen molar-refractivity contribution in [3.05, 3.63) is 34.4 Å². The van der Waals surface area contributed by atoms with Crippen LogP contribution in [0.25, 0.3) is 0 Å². The van der Waals surface area contributed by atoms with Gasteiger partial charge in [-0.2, -0.15) is 0 Å². The number of rotatable bonds is 4. The minimum Gasteiger partial charge on any atom is -0.362 e. The zero-order valence-electron chi connectivity index (χ0n) is 12.5. The molecule has 114 valence electrons. The molecular formula is C15H21N3O3. The zero-order valence-corrected chi connectivity index (χ0v) is 12.5. The summed E-state index contributed by atoms with van der Waals surface area (Å²) in [4.78, 5) is 26.7. The minimum absolute atomic E-state index is 0.0441. The van der Waals surface area contributed by atoms with Gasteiger partial charge in [0.15, 0.2) is 0 Å². The fourth-order valence-corrected chi connectivity index (χ4v) is 2.54. The van der Waals surface area contributed by atoms with E-state index in [1.807, 2.05) is 23.6 Å². The minimum atomic E-state index is -0.355. The van der Waals surface area contributed by atoms with Crippen LogP contribution in [0.4, 0.5) is 11.4 Å². The van der Waals surface area contributed by atoms with Gasteiger partial charge >= 0.3 is 0 Å². The van der Waals surface area contributed by atoms with E-state index in [1.165, 1.54) is 6.07 Å². The van der Waals surface area contributed by atoms with Gasteiger partial charge in [0, 0.05) is 38.2 Å². The maximum absolute atomic E-state index is 12.1. The predicted molar refractivity (Wildman–Crippen MR) is 81.3 cm³/mol. The summed E-state index contributed by atoms with van der Waals surface area (Å²) in [6, 6.07) is 6.76. The predicted octanol–water partition coefficient (Wildman–Crippen LogP) is 2.29. The van der Waals surface area contributed by atoms with Crippen LogP contribution in [0.3, 0.4) is 0 Å². The van der Waals surface area contributed by atoms with Gasteiger partial charge in [0.2, 0.25) is 5.91 Å². The normalized spacial score (nSPS) is 16.7. The monoisotopic (exact) mass is 291 g/mol. The van der Waals surface area contributed by atoms with Gasteiger partial charge in [-0.15, -0.1) is 0 Å². The summed E-state index contributed by atoms with van der Waals surface area (Å²) in [5.74, 6) is 0.224. The molecule has 0 aromatic heterocycles. The van der Waals surface area contributed by atoms with Crippen LogP contribution < -0.4 is 4.90 Å². The van der Waals surface area contributed by atoms with E-state index in [0.29, 0.717) is 31.9 Å². The molecule has 0 aliphatic carbocycles. The molecule has 1 aromatic carbocycles. The molecule has 1 aromatic rings. The standard InChI is InChI=1S/C15H21N3O3/c1-3-12(2)15(19)17-10-8-16(9-11-17)13-6-4-5-7-14(13)18(20)21/h4-7,12H,3,8-11H2,1-2H3. The Morgan fingerprint density at radius 2 is 1.90 bits per heavy atom. The molecule has 0 bridgehead atoms. The Hall–Kier alpha value is -2.11. The summed E-state index contributed by atoms with van der Waals surface area (Å²) in [6.07, 6.45) is 0.837. The Kier molecular flexibility index (Phi) is 4.77. The largest absolute Gasteiger partial charge is 0.362 e. The lowest BCUT2D eigenvalue weighted by molar-refractivity contribution is -0.384. The molecule has 1 heterocycles. The van der Waals surface area contributed by atoms with Crippen LogP contribution in [0.5, 0.6) is 0 Å². The van der Waals surface area contributed by atoms with E-state index in [1.54, 1.807) is 18.2 Å². The number of carbonyl (C=O) groups excluding carboxylic acids is 1. The molecular weight excluding hydrogens is 270 g/mol. The number of hydrogen-bond acceptors (Lipinski definition) is 4. The van der Waals surface area contributed by atoms with Crippen molar-refractivity contribution in [2.24, 2.45) is 5.92 Å². The summed E-state index contributed by atoms with van der Waals surface area (Å²) >= 11 is 0. The van der Waals surface area contributed by atoms with Gasteiger partial charge in [-0.1, -0.05) is 26.0 Å². The molecule has 1 atom stereocenters. The Labute approximate surface area is 124 Å². The first-order valence-corrected chi connectivity index (χ1v) is 7.31. The molecule has 6 nitrogen and oxygen atoms in total. The molecule has 6 heteroatoms. The number of carbonyl (C=O) groups is 1. The molecule has 1 saturated heterocycles. The van der Waals surface area contributed by atoms with Crippen molar-refractivity contribution >= 4 is 17.3 Å². The van der Waals surface area contributed by atoms with Crippen LogP contribution in [-0.4, -0.2) is 41.9 Å². The SMILES string of the molecule is CCC(C)C(=O)N1CCN(c2ccccc2[N+](=O)[O-])CC1. The third-order valence-corrected chi connectivity index (χ3v) is 4.04. The second-order valence-corrected chi connectivity index (χ2v) is 5.37. The maximum Gasteiger partial charge on any atom is 0.292 e. The molecule has 0 radical (unpaired) electrons. The van der Waals surface area contributed by atoms with E-state index in [9.17, 15) is 14.9 Å². The molecule has 1 amide bonds. The number of anilines is 1. The average molecular weight is 291 g/mol. The number of piperazine rings is 1. The second-order valence-electron chi connectivity index (χ2n) is 5.37. The molecule has 1 aliphatic rings. The van der Waals surface area contributed by atoms with Crippen molar-refractivity contribution in [3.8, 4) is 0 Å². The second kappa shape index (κ2) is 6.56. The summed E-state index contributed by atoms with van der Waals surface area (Å²) in [5.41, 5.74) is 0.761. The van der Waals surface area contributed by atoms with Crippen molar-refractivity contribution in [1.82, 2.24) is 4.90 Å². The van der Waals surface area contributed by atoms with Crippen LogP contribution in [0.15, 0.2) is 24.3 Å². The highest BCUT2D eigenvalue weighted by Crippen LogP contribution is 2.28. The van der Waals surface area contributed by atoms with Gasteiger partial charge in [0.25, 0.3) is 5.69 Å². The van der Waals surface area contributed by atoms with Crippen molar-refractivity contribution in [2.75, 3.05) is 31.1 Å². The highest BCUT2D eigenvalue weighted by Gasteiger charge is 2.26. The van der Waals surface area contributed by atoms with E-state index < -0.39 is 0 Å². The maximum atomic E-state index is 12.1. The first kappa shape index (κ1) is 15.3. The van der Waals surface area contributed by atoms with Gasteiger partial charge < -0.3 is 9.80 Å². The van der Waals surface area contributed by atoms with E-state index in [-0.39, 0.29) is 22.4 Å². The number of para-hydroxylation sites is 2. The van der Waals surface area contributed by atoms with Gasteiger partial charge in [0.1, 0.15) is 5.69 Å². The Morgan fingerprint density at radius 3 is 2.48 bits per heavy atom. The molecule has 1 aliphatic heterocycles. The molecule has 1 fully saturated rings. The summed E-state index contributed by atoms with van der Waals surface area (Å²) in [7, 11) is 0. The first-order valence-electron chi connectivity index (χ1n) is 7.31. The van der Waals surface area contributed by atoms with E-state index >= 15 is 0 Å². The fourth-order valence-electron chi connectivity index (χ4n) is 2.54. The Balaban J connectivity index is 2.05. The van der Waals surface area contributed by atoms with Gasteiger partial charge in [-0.05, 0) is 12.5 Å². The molecule has 0 N–H and O–H groups in total. The highest BCUT2D eigenvalue weighted by molar-refractivity contribution is 5.78. The molecule has 21 heavy (non-hydrogen) atoms. The quantitative estimate of drug-likeness (QED) is 0.630. The van der Waals surface area contributed by atoms with Crippen LogP contribution >= 0.6 is 0 Å². The smallest absolute Gasteiger partial charge is 0.292 e. The summed E-state index contributed by atoms with van der Waals surface area (Å²) in [5, 5.41) is 11.1. The first-order chi connectivity index (χ1) is 10.0. The number of nitrogens with zero attached hydrogens (tertiary/aromatic N) is 3. The molecule has 0 saturated carbocycles. The number of amides is 1. The number of nitro groups is 1. The van der Waals surface area contributed by atoms with Gasteiger partial charge in [-0.3, -0.25) is 14.9 Å². The van der Waals surface area contributed by atoms with Crippen LogP contribution in [0.2, 0.25) is 0 Å². The van der Waals surface area contributed by atoms with Gasteiger partial charge in [0.05, 0.1) is 4.92 Å². The Bertz CT molecular complexity index is 525. The van der Waals surface area contributed by atoms with Crippen molar-refractivity contribution in [3.63, 3.8) is 0 Å². The lowest BCUT2D eigenvalue weighted by Gasteiger charge is -2.36. The third kappa shape index (κ3) is 3.32. The van der Waals surface area contributed by atoms with E-state index in [0.717, 1.165) is 6.42 Å². The van der Waals surface area contributed by atoms with Crippen molar-refractivity contribution < 1.29 is 9.72 Å². The number of benzene rings is 1. The van der Waals surface area contributed by atoms with Crippen molar-refractivity contribution in [1.29, 1.82) is 0 Å². The molecule has 1 unspecified atom stereocenters. The fraction of sp³-hybridized carbons (Fsp3) is 0.533. The van der Waals surface area contributed by atoms with Crippen molar-refractivity contribution in [2.45, 2.75) is 20.3 Å². The summed E-state index contributed by atoms with van der Waals surface area (Å²) < 4.78 is 0. The third-order valence-electron chi connectivity index (χ3n) is 4.04. The number of hydrogen-bond donors (Lipinski definition) is 0. The Morgan fingerprint density at radius 1 is 1.29 bits per heavy atom. The highest BCUT2D eigenvalue weighted by atomic mass is 16.6. The lowest BCUT2D eigenvalue weighted by Crippen LogP contribution is -2.50.